The number of carbonyl (C=O) groups is 1. The van der Waals surface area contributed by atoms with Crippen LogP contribution in [0, 0.1) is 11.3 Å². The van der Waals surface area contributed by atoms with Crippen LogP contribution in [-0.4, -0.2) is 53.5 Å². The molecule has 1 aliphatic rings. The Bertz CT molecular complexity index is 761. The van der Waals surface area contributed by atoms with Crippen molar-refractivity contribution in [3.8, 4) is 11.8 Å². The fourth-order valence-electron chi connectivity index (χ4n) is 2.78. The molecular formula is C17H20N6O2. The first kappa shape index (κ1) is 16.9. The zero-order valence-corrected chi connectivity index (χ0v) is 14.1. The molecule has 0 aliphatic carbocycles. The predicted octanol–water partition coefficient (Wildman–Crippen LogP) is 0.847. The molecule has 25 heavy (non-hydrogen) atoms. The SMILES string of the molecule is CCNC(=O)C(C#N)c1nnc(N2CCOCC2)n1-c1ccccc1. The molecule has 3 rings (SSSR count). The van der Waals surface area contributed by atoms with E-state index in [9.17, 15) is 10.1 Å². The number of nitrogens with zero attached hydrogens (tertiary/aromatic N) is 5. The molecule has 2 aromatic rings. The van der Waals surface area contributed by atoms with E-state index in [2.05, 4.69) is 26.5 Å². The number of benzene rings is 1. The standard InChI is InChI=1S/C17H20N6O2/c1-2-19-16(24)14(12-18)15-20-21-17(22-8-10-25-11-9-22)23(15)13-6-4-3-5-7-13/h3-7,14H,2,8-11H2,1H3,(H,19,24). The summed E-state index contributed by atoms with van der Waals surface area (Å²) in [6.07, 6.45) is 0. The maximum atomic E-state index is 12.3. The minimum atomic E-state index is -1.03. The lowest BCUT2D eigenvalue weighted by atomic mass is 10.1. The van der Waals surface area contributed by atoms with E-state index in [0.717, 1.165) is 5.69 Å². The Hall–Kier alpha value is -2.92. The summed E-state index contributed by atoms with van der Waals surface area (Å²) in [4.78, 5) is 14.4. The lowest BCUT2D eigenvalue weighted by molar-refractivity contribution is -0.121. The van der Waals surface area contributed by atoms with Gasteiger partial charge in [-0.15, -0.1) is 10.2 Å². The average Bonchev–Trinajstić information content (AvgIpc) is 3.09. The van der Waals surface area contributed by atoms with E-state index in [1.165, 1.54) is 0 Å². The summed E-state index contributed by atoms with van der Waals surface area (Å²) in [5.74, 6) is -0.458. The largest absolute Gasteiger partial charge is 0.378 e. The smallest absolute Gasteiger partial charge is 0.245 e. The molecule has 130 valence electrons. The van der Waals surface area contributed by atoms with E-state index in [0.29, 0.717) is 44.6 Å². The highest BCUT2D eigenvalue weighted by molar-refractivity contribution is 5.85. The van der Waals surface area contributed by atoms with E-state index in [-0.39, 0.29) is 5.91 Å². The summed E-state index contributed by atoms with van der Waals surface area (Å²) in [5, 5.41) is 20.7. The maximum absolute atomic E-state index is 12.3. The summed E-state index contributed by atoms with van der Waals surface area (Å²) in [6, 6.07) is 11.6. The van der Waals surface area contributed by atoms with Gasteiger partial charge in [-0.3, -0.25) is 9.36 Å². The third-order valence-corrected chi connectivity index (χ3v) is 3.98. The van der Waals surface area contributed by atoms with E-state index < -0.39 is 5.92 Å². The first-order valence-electron chi connectivity index (χ1n) is 8.27. The van der Waals surface area contributed by atoms with Gasteiger partial charge in [0.15, 0.2) is 11.7 Å². The normalized spacial score (nSPS) is 15.4. The van der Waals surface area contributed by atoms with Crippen LogP contribution >= 0.6 is 0 Å². The van der Waals surface area contributed by atoms with Crippen molar-refractivity contribution >= 4 is 11.9 Å². The summed E-state index contributed by atoms with van der Waals surface area (Å²) in [7, 11) is 0. The lowest BCUT2D eigenvalue weighted by Gasteiger charge is -2.28. The molecule has 1 fully saturated rings. The average molecular weight is 340 g/mol. The van der Waals surface area contributed by atoms with Crippen LogP contribution in [0.2, 0.25) is 0 Å². The van der Waals surface area contributed by atoms with Gasteiger partial charge < -0.3 is 15.0 Å². The summed E-state index contributed by atoms with van der Waals surface area (Å²) in [6.45, 7) is 4.84. The van der Waals surface area contributed by atoms with Crippen molar-refractivity contribution < 1.29 is 9.53 Å². The third kappa shape index (κ3) is 3.46. The van der Waals surface area contributed by atoms with Crippen LogP contribution in [0.5, 0.6) is 0 Å². The molecule has 0 saturated carbocycles. The fraction of sp³-hybridized carbons (Fsp3) is 0.412. The van der Waals surface area contributed by atoms with Gasteiger partial charge in [0.2, 0.25) is 11.9 Å². The number of amides is 1. The fourth-order valence-corrected chi connectivity index (χ4v) is 2.78. The van der Waals surface area contributed by atoms with Gasteiger partial charge in [-0.05, 0) is 19.1 Å². The molecule has 0 bridgehead atoms. The molecule has 2 heterocycles. The van der Waals surface area contributed by atoms with Crippen LogP contribution in [0.1, 0.15) is 18.7 Å². The molecule has 0 spiro atoms. The molecule has 1 amide bonds. The van der Waals surface area contributed by atoms with Crippen LogP contribution in [0.4, 0.5) is 5.95 Å². The Morgan fingerprint density at radius 3 is 2.68 bits per heavy atom. The maximum Gasteiger partial charge on any atom is 0.245 e. The number of anilines is 1. The van der Waals surface area contributed by atoms with E-state index in [4.69, 9.17) is 4.74 Å². The number of hydrogen-bond acceptors (Lipinski definition) is 6. The number of hydrogen-bond donors (Lipinski definition) is 1. The monoisotopic (exact) mass is 340 g/mol. The van der Waals surface area contributed by atoms with Crippen molar-refractivity contribution in [3.05, 3.63) is 36.2 Å². The molecule has 1 aromatic carbocycles. The number of carbonyl (C=O) groups excluding carboxylic acids is 1. The van der Waals surface area contributed by atoms with Crippen molar-refractivity contribution in [2.24, 2.45) is 0 Å². The number of likely N-dealkylation sites (N-methyl/N-ethyl adjacent to an activating group) is 1. The van der Waals surface area contributed by atoms with E-state index >= 15 is 0 Å². The Morgan fingerprint density at radius 1 is 1.32 bits per heavy atom. The minimum Gasteiger partial charge on any atom is -0.378 e. The van der Waals surface area contributed by atoms with Crippen molar-refractivity contribution in [3.63, 3.8) is 0 Å². The van der Waals surface area contributed by atoms with Gasteiger partial charge in [0.25, 0.3) is 0 Å². The van der Waals surface area contributed by atoms with Crippen molar-refractivity contribution in [2.45, 2.75) is 12.8 Å². The van der Waals surface area contributed by atoms with Gasteiger partial charge in [0.05, 0.1) is 25.0 Å². The van der Waals surface area contributed by atoms with E-state index in [1.807, 2.05) is 37.3 Å². The van der Waals surface area contributed by atoms with Gasteiger partial charge in [-0.25, -0.2) is 0 Å². The quantitative estimate of drug-likeness (QED) is 0.867. The second-order valence-electron chi connectivity index (χ2n) is 5.59. The first-order chi connectivity index (χ1) is 12.3. The topological polar surface area (TPSA) is 96.1 Å². The van der Waals surface area contributed by atoms with Crippen LogP contribution in [0.15, 0.2) is 30.3 Å². The zero-order chi connectivity index (χ0) is 17.6. The number of para-hydroxylation sites is 1. The van der Waals surface area contributed by atoms with Crippen molar-refractivity contribution in [1.82, 2.24) is 20.1 Å². The second kappa shape index (κ2) is 7.77. The van der Waals surface area contributed by atoms with Crippen LogP contribution in [-0.2, 0) is 9.53 Å². The van der Waals surface area contributed by atoms with Gasteiger partial charge in [-0.2, -0.15) is 5.26 Å². The molecule has 1 aliphatic heterocycles. The lowest BCUT2D eigenvalue weighted by Crippen LogP contribution is -2.38. The highest BCUT2D eigenvalue weighted by Gasteiger charge is 2.30. The summed E-state index contributed by atoms with van der Waals surface area (Å²) >= 11 is 0. The zero-order valence-electron chi connectivity index (χ0n) is 14.1. The van der Waals surface area contributed by atoms with Gasteiger partial charge in [0.1, 0.15) is 0 Å². The molecule has 1 unspecified atom stereocenters. The number of nitrogens with one attached hydrogen (secondary N) is 1. The van der Waals surface area contributed by atoms with Crippen molar-refractivity contribution in [1.29, 1.82) is 5.26 Å². The molecule has 1 N–H and O–H groups in total. The highest BCUT2D eigenvalue weighted by atomic mass is 16.5. The van der Waals surface area contributed by atoms with Crippen LogP contribution in [0.25, 0.3) is 5.69 Å². The Labute approximate surface area is 146 Å². The van der Waals surface area contributed by atoms with Gasteiger partial charge in [-0.1, -0.05) is 18.2 Å². The molecule has 0 radical (unpaired) electrons. The van der Waals surface area contributed by atoms with Crippen LogP contribution in [0.3, 0.4) is 0 Å². The molecule has 1 atom stereocenters. The van der Waals surface area contributed by atoms with Gasteiger partial charge in [0, 0.05) is 19.6 Å². The Balaban J connectivity index is 2.08. The summed E-state index contributed by atoms with van der Waals surface area (Å²) < 4.78 is 7.18. The Morgan fingerprint density at radius 2 is 2.04 bits per heavy atom. The summed E-state index contributed by atoms with van der Waals surface area (Å²) in [5.41, 5.74) is 0.813. The number of nitriles is 1. The van der Waals surface area contributed by atoms with E-state index in [1.54, 1.807) is 4.57 Å². The third-order valence-electron chi connectivity index (χ3n) is 3.98. The molecular weight excluding hydrogens is 320 g/mol. The number of rotatable bonds is 5. The predicted molar refractivity (Wildman–Crippen MR) is 91.4 cm³/mol. The van der Waals surface area contributed by atoms with Crippen molar-refractivity contribution in [2.75, 3.05) is 37.7 Å². The minimum absolute atomic E-state index is 0.321. The Kier molecular flexibility index (Phi) is 5.26. The molecule has 8 heteroatoms. The number of morpholine rings is 1. The molecule has 1 aromatic heterocycles. The number of aromatic nitrogens is 3. The van der Waals surface area contributed by atoms with Crippen LogP contribution < -0.4 is 10.2 Å². The highest BCUT2D eigenvalue weighted by Crippen LogP contribution is 2.25. The molecule has 1 saturated heterocycles. The van der Waals surface area contributed by atoms with Gasteiger partial charge >= 0.3 is 0 Å². The second-order valence-corrected chi connectivity index (χ2v) is 5.59. The first-order valence-corrected chi connectivity index (χ1v) is 8.27. The number of ether oxygens (including phenoxy) is 1. The molecule has 8 nitrogen and oxygen atoms in total.